The zero-order valence-corrected chi connectivity index (χ0v) is 14.9. The lowest BCUT2D eigenvalue weighted by Crippen LogP contribution is -2.32. The molecule has 0 saturated carbocycles. The number of benzene rings is 2. The smallest absolute Gasteiger partial charge is 0.212 e. The van der Waals surface area contributed by atoms with Crippen molar-refractivity contribution < 1.29 is 18.8 Å². The third-order valence-corrected chi connectivity index (χ3v) is 4.25. The summed E-state index contributed by atoms with van der Waals surface area (Å²) in [5, 5.41) is 1.22. The first-order valence-electron chi connectivity index (χ1n) is 8.03. The molecule has 1 aromatic heterocycles. The molecule has 4 heteroatoms. The molecule has 2 aromatic carbocycles. The summed E-state index contributed by atoms with van der Waals surface area (Å²) in [6, 6.07) is 16.4. The number of rotatable bonds is 5. The van der Waals surface area contributed by atoms with Crippen LogP contribution in [0.4, 0.5) is 0 Å². The van der Waals surface area contributed by atoms with Gasteiger partial charge in [-0.2, -0.15) is 4.57 Å². The molecule has 0 N–H and O–H groups in total. The molecule has 1 heterocycles. The third kappa shape index (κ3) is 3.29. The summed E-state index contributed by atoms with van der Waals surface area (Å²) < 4.78 is 18.4. The van der Waals surface area contributed by atoms with E-state index in [2.05, 4.69) is 48.0 Å². The van der Waals surface area contributed by atoms with Gasteiger partial charge in [-0.25, -0.2) is 0 Å². The van der Waals surface area contributed by atoms with Crippen LogP contribution in [-0.2, 0) is 7.05 Å². The van der Waals surface area contributed by atoms with E-state index in [0.717, 1.165) is 11.3 Å². The van der Waals surface area contributed by atoms with Crippen LogP contribution in [0.25, 0.3) is 23.1 Å². The maximum Gasteiger partial charge on any atom is 0.212 e. The van der Waals surface area contributed by atoms with Gasteiger partial charge in [0.25, 0.3) is 0 Å². The number of hydrogen-bond acceptors (Lipinski definition) is 3. The molecular formula is C21H22NO3+. The van der Waals surface area contributed by atoms with Crippen LogP contribution in [0.3, 0.4) is 0 Å². The molecule has 0 radical (unpaired) electrons. The average molecular weight is 336 g/mol. The van der Waals surface area contributed by atoms with Crippen molar-refractivity contribution in [2.75, 3.05) is 21.3 Å². The fraction of sp³-hybridized carbons (Fsp3) is 0.190. The van der Waals surface area contributed by atoms with Gasteiger partial charge in [0.05, 0.1) is 21.3 Å². The number of methoxy groups -OCH3 is 3. The van der Waals surface area contributed by atoms with Crippen LogP contribution in [0.2, 0.25) is 0 Å². The first-order chi connectivity index (χ1) is 12.2. The Labute approximate surface area is 147 Å². The minimum atomic E-state index is 0.596. The summed E-state index contributed by atoms with van der Waals surface area (Å²) in [7, 11) is 6.91. The molecule has 128 valence electrons. The monoisotopic (exact) mass is 336 g/mol. The fourth-order valence-corrected chi connectivity index (χ4v) is 2.91. The largest absolute Gasteiger partial charge is 0.493 e. The van der Waals surface area contributed by atoms with Crippen molar-refractivity contribution in [3.05, 3.63) is 59.8 Å². The normalized spacial score (nSPS) is 11.0. The lowest BCUT2D eigenvalue weighted by molar-refractivity contribution is -0.646. The molecule has 0 bridgehead atoms. The van der Waals surface area contributed by atoms with Gasteiger partial charge < -0.3 is 14.2 Å². The summed E-state index contributed by atoms with van der Waals surface area (Å²) in [4.78, 5) is 0. The number of pyridine rings is 1. The van der Waals surface area contributed by atoms with Crippen molar-refractivity contribution in [1.29, 1.82) is 0 Å². The fourth-order valence-electron chi connectivity index (χ4n) is 2.91. The topological polar surface area (TPSA) is 31.6 Å². The molecule has 0 aliphatic carbocycles. The van der Waals surface area contributed by atoms with Crippen molar-refractivity contribution in [3.63, 3.8) is 0 Å². The zero-order valence-electron chi connectivity index (χ0n) is 14.9. The zero-order chi connectivity index (χ0) is 17.8. The minimum absolute atomic E-state index is 0.596. The van der Waals surface area contributed by atoms with E-state index in [1.54, 1.807) is 21.3 Å². The van der Waals surface area contributed by atoms with E-state index in [4.69, 9.17) is 14.2 Å². The molecule has 3 aromatic rings. The van der Waals surface area contributed by atoms with Crippen molar-refractivity contribution in [2.45, 2.75) is 0 Å². The van der Waals surface area contributed by atoms with Crippen LogP contribution >= 0.6 is 0 Å². The molecule has 0 aliphatic heterocycles. The highest BCUT2D eigenvalue weighted by Gasteiger charge is 2.13. The van der Waals surface area contributed by atoms with E-state index < -0.39 is 0 Å². The van der Waals surface area contributed by atoms with Gasteiger partial charge in [-0.1, -0.05) is 12.1 Å². The van der Waals surface area contributed by atoms with E-state index in [0.29, 0.717) is 17.2 Å². The summed E-state index contributed by atoms with van der Waals surface area (Å²) in [6.07, 6.45) is 4.11. The second kappa shape index (κ2) is 7.26. The molecule has 0 spiro atoms. The number of aryl methyl sites for hydroxylation is 1. The number of hydrogen-bond donors (Lipinski definition) is 0. The van der Waals surface area contributed by atoms with Gasteiger partial charge in [0.15, 0.2) is 11.5 Å². The van der Waals surface area contributed by atoms with Crippen LogP contribution in [0, 0.1) is 0 Å². The molecule has 0 unspecified atom stereocenters. The Bertz CT molecular complexity index is 907. The average Bonchev–Trinajstić information content (AvgIpc) is 2.66. The number of para-hydroxylation sites is 1. The number of nitrogens with zero attached hydrogens (tertiary/aromatic N) is 1. The second-order valence-electron chi connectivity index (χ2n) is 5.67. The van der Waals surface area contributed by atoms with E-state index in [9.17, 15) is 0 Å². The second-order valence-corrected chi connectivity index (χ2v) is 5.67. The van der Waals surface area contributed by atoms with Crippen molar-refractivity contribution in [3.8, 4) is 17.2 Å². The summed E-state index contributed by atoms with van der Waals surface area (Å²) in [6.45, 7) is 0. The minimum Gasteiger partial charge on any atom is -0.493 e. The highest BCUT2D eigenvalue weighted by Crippen LogP contribution is 2.38. The standard InChI is InChI=1S/C21H22NO3/c1-22-17(12-10-16-7-5-6-8-18(16)22)11-9-15-13-19(23-2)21(25-4)20(14-15)24-3/h5-14H,1-4H3/q+1/b11-9+. The first kappa shape index (κ1) is 16.8. The molecule has 0 aliphatic rings. The van der Waals surface area contributed by atoms with Crippen molar-refractivity contribution in [1.82, 2.24) is 0 Å². The Morgan fingerprint density at radius 3 is 2.12 bits per heavy atom. The van der Waals surface area contributed by atoms with Gasteiger partial charge in [-0.15, -0.1) is 0 Å². The predicted octanol–water partition coefficient (Wildman–Crippen LogP) is 3.86. The molecule has 0 fully saturated rings. The predicted molar refractivity (Wildman–Crippen MR) is 100 cm³/mol. The quantitative estimate of drug-likeness (QED) is 0.663. The SMILES string of the molecule is COc1cc(/C=C/c2ccc3ccccc3[n+]2C)cc(OC)c1OC. The first-order valence-corrected chi connectivity index (χ1v) is 8.03. The Kier molecular flexibility index (Phi) is 4.89. The summed E-state index contributed by atoms with van der Waals surface area (Å²) in [5.41, 5.74) is 3.27. The van der Waals surface area contributed by atoms with Crippen LogP contribution in [0.1, 0.15) is 11.3 Å². The van der Waals surface area contributed by atoms with Gasteiger partial charge in [-0.3, -0.25) is 0 Å². The Balaban J connectivity index is 2.01. The highest BCUT2D eigenvalue weighted by molar-refractivity contribution is 5.77. The van der Waals surface area contributed by atoms with E-state index in [1.807, 2.05) is 24.3 Å². The summed E-state index contributed by atoms with van der Waals surface area (Å²) >= 11 is 0. The lowest BCUT2D eigenvalue weighted by Gasteiger charge is -2.12. The molecule has 25 heavy (non-hydrogen) atoms. The highest BCUT2D eigenvalue weighted by atomic mass is 16.5. The van der Waals surface area contributed by atoms with Gasteiger partial charge >= 0.3 is 0 Å². The Morgan fingerprint density at radius 2 is 1.48 bits per heavy atom. The van der Waals surface area contributed by atoms with Crippen LogP contribution in [0.15, 0.2) is 48.5 Å². The van der Waals surface area contributed by atoms with E-state index in [1.165, 1.54) is 10.9 Å². The molecule has 0 saturated heterocycles. The molecule has 0 amide bonds. The van der Waals surface area contributed by atoms with Gasteiger partial charge in [0.1, 0.15) is 7.05 Å². The molecule has 3 rings (SSSR count). The van der Waals surface area contributed by atoms with E-state index >= 15 is 0 Å². The number of ether oxygens (including phenoxy) is 3. The Hall–Kier alpha value is -3.01. The van der Waals surface area contributed by atoms with Crippen LogP contribution < -0.4 is 18.8 Å². The third-order valence-electron chi connectivity index (χ3n) is 4.25. The van der Waals surface area contributed by atoms with Gasteiger partial charge in [0, 0.05) is 23.6 Å². The van der Waals surface area contributed by atoms with E-state index in [-0.39, 0.29) is 0 Å². The van der Waals surface area contributed by atoms with Gasteiger partial charge in [-0.05, 0) is 35.9 Å². The van der Waals surface area contributed by atoms with Gasteiger partial charge in [0.2, 0.25) is 17.0 Å². The maximum atomic E-state index is 5.41. The van der Waals surface area contributed by atoms with Crippen molar-refractivity contribution in [2.24, 2.45) is 7.05 Å². The molecule has 0 atom stereocenters. The van der Waals surface area contributed by atoms with Crippen molar-refractivity contribution >= 4 is 23.1 Å². The van der Waals surface area contributed by atoms with Crippen LogP contribution in [0.5, 0.6) is 17.2 Å². The number of fused-ring (bicyclic) bond motifs is 1. The lowest BCUT2D eigenvalue weighted by atomic mass is 10.1. The summed E-state index contributed by atoms with van der Waals surface area (Å²) in [5.74, 6) is 1.88. The molecular weight excluding hydrogens is 314 g/mol. The number of aromatic nitrogens is 1. The van der Waals surface area contributed by atoms with Crippen LogP contribution in [-0.4, -0.2) is 21.3 Å². The Morgan fingerprint density at radius 1 is 0.800 bits per heavy atom. The maximum absolute atomic E-state index is 5.41. The molecule has 4 nitrogen and oxygen atoms in total.